The van der Waals surface area contributed by atoms with E-state index < -0.39 is 0 Å². The zero-order chi connectivity index (χ0) is 8.97. The second-order valence-electron chi connectivity index (χ2n) is 2.56. The fourth-order valence-electron chi connectivity index (χ4n) is 0.794. The minimum Gasteiger partial charge on any atom is -0.378 e. The van der Waals surface area contributed by atoms with Gasteiger partial charge in [0.25, 0.3) is 0 Å². The average molecular weight is 228 g/mol. The van der Waals surface area contributed by atoms with Crippen LogP contribution < -0.4 is 5.32 Å². The van der Waals surface area contributed by atoms with Crippen molar-refractivity contribution in [1.29, 1.82) is 0 Å². The third-order valence-electron chi connectivity index (χ3n) is 1.39. The monoisotopic (exact) mass is 227 g/mol. The number of hydrogen-bond donors (Lipinski definition) is 1. The van der Waals surface area contributed by atoms with Crippen LogP contribution in [0.4, 0.5) is 5.69 Å². The highest BCUT2D eigenvalue weighted by atomic mass is 79.9. The summed E-state index contributed by atoms with van der Waals surface area (Å²) < 4.78 is 1.04. The Morgan fingerprint density at radius 2 is 2.00 bits per heavy atom. The van der Waals surface area contributed by atoms with Gasteiger partial charge in [-0.05, 0) is 31.2 Å². The van der Waals surface area contributed by atoms with Crippen molar-refractivity contribution in [1.82, 2.24) is 0 Å². The molecule has 0 bridgehead atoms. The number of hydrogen-bond acceptors (Lipinski definition) is 2. The van der Waals surface area contributed by atoms with E-state index in [1.54, 1.807) is 6.92 Å². The summed E-state index contributed by atoms with van der Waals surface area (Å²) in [5.41, 5.74) is 0.966. The van der Waals surface area contributed by atoms with E-state index in [0.29, 0.717) is 6.54 Å². The van der Waals surface area contributed by atoms with Gasteiger partial charge in [0.2, 0.25) is 0 Å². The molecule has 0 atom stereocenters. The molecule has 0 radical (unpaired) electrons. The summed E-state index contributed by atoms with van der Waals surface area (Å²) in [6, 6.07) is 7.71. The number of Topliss-reactive ketones (excluding diaryl/α,β-unsaturated/α-hetero) is 1. The number of rotatable bonds is 3. The summed E-state index contributed by atoms with van der Waals surface area (Å²) in [4.78, 5) is 10.6. The summed E-state index contributed by atoms with van der Waals surface area (Å²) in [6.07, 6.45) is 0. The van der Waals surface area contributed by atoms with E-state index in [0.717, 1.165) is 10.2 Å². The van der Waals surface area contributed by atoms with Crippen molar-refractivity contribution < 1.29 is 4.79 Å². The Morgan fingerprint density at radius 3 is 2.50 bits per heavy atom. The van der Waals surface area contributed by atoms with E-state index in [4.69, 9.17) is 0 Å². The Bertz CT molecular complexity index is 268. The number of carbonyl (C=O) groups is 1. The standard InChI is InChI=1S/C9H10BrNO/c1-7(12)6-11-9-4-2-8(10)3-5-9/h2-5,11H,6H2,1H3. The van der Waals surface area contributed by atoms with Gasteiger partial charge in [-0.1, -0.05) is 15.9 Å². The summed E-state index contributed by atoms with van der Waals surface area (Å²) in [5, 5.41) is 3.00. The van der Waals surface area contributed by atoms with Gasteiger partial charge in [0.15, 0.2) is 0 Å². The van der Waals surface area contributed by atoms with Crippen LogP contribution in [0.3, 0.4) is 0 Å². The number of halogens is 1. The Hall–Kier alpha value is -0.830. The van der Waals surface area contributed by atoms with Crippen molar-refractivity contribution in [3.8, 4) is 0 Å². The normalized spacial score (nSPS) is 9.50. The molecule has 12 heavy (non-hydrogen) atoms. The van der Waals surface area contributed by atoms with Crippen LogP contribution in [0.2, 0.25) is 0 Å². The van der Waals surface area contributed by atoms with E-state index in [1.807, 2.05) is 24.3 Å². The first kappa shape index (κ1) is 9.26. The van der Waals surface area contributed by atoms with Crippen molar-refractivity contribution in [2.45, 2.75) is 6.92 Å². The van der Waals surface area contributed by atoms with Crippen LogP contribution >= 0.6 is 15.9 Å². The SMILES string of the molecule is CC(=O)CNc1ccc(Br)cc1. The molecule has 0 amide bonds. The van der Waals surface area contributed by atoms with Gasteiger partial charge in [0.05, 0.1) is 6.54 Å². The van der Waals surface area contributed by atoms with Crippen LogP contribution in [0.15, 0.2) is 28.7 Å². The molecule has 1 aromatic carbocycles. The van der Waals surface area contributed by atoms with E-state index in [9.17, 15) is 4.79 Å². The second-order valence-corrected chi connectivity index (χ2v) is 3.48. The molecule has 0 aliphatic heterocycles. The van der Waals surface area contributed by atoms with Gasteiger partial charge in [0, 0.05) is 10.2 Å². The molecule has 64 valence electrons. The molecule has 0 aliphatic carbocycles. The maximum atomic E-state index is 10.6. The molecular weight excluding hydrogens is 218 g/mol. The first-order chi connectivity index (χ1) is 5.68. The van der Waals surface area contributed by atoms with Crippen molar-refractivity contribution in [3.05, 3.63) is 28.7 Å². The van der Waals surface area contributed by atoms with Crippen LogP contribution in [0.5, 0.6) is 0 Å². The lowest BCUT2D eigenvalue weighted by Crippen LogP contribution is -2.09. The highest BCUT2D eigenvalue weighted by Crippen LogP contribution is 2.13. The first-order valence-electron chi connectivity index (χ1n) is 3.67. The number of ketones is 1. The maximum Gasteiger partial charge on any atom is 0.148 e. The Morgan fingerprint density at radius 1 is 1.42 bits per heavy atom. The van der Waals surface area contributed by atoms with Crippen molar-refractivity contribution in [3.63, 3.8) is 0 Å². The van der Waals surface area contributed by atoms with Crippen LogP contribution in [0.1, 0.15) is 6.92 Å². The quantitative estimate of drug-likeness (QED) is 0.860. The fourth-order valence-corrected chi connectivity index (χ4v) is 1.06. The molecule has 0 saturated carbocycles. The third-order valence-corrected chi connectivity index (χ3v) is 1.91. The lowest BCUT2D eigenvalue weighted by Gasteiger charge is -2.02. The third kappa shape index (κ3) is 3.05. The zero-order valence-electron chi connectivity index (χ0n) is 6.80. The van der Waals surface area contributed by atoms with Crippen LogP contribution in [-0.4, -0.2) is 12.3 Å². The number of anilines is 1. The number of carbonyl (C=O) groups excluding carboxylic acids is 1. The molecular formula is C9H10BrNO. The Balaban J connectivity index is 2.53. The number of nitrogens with one attached hydrogen (secondary N) is 1. The van der Waals surface area contributed by atoms with Gasteiger partial charge in [-0.3, -0.25) is 4.79 Å². The van der Waals surface area contributed by atoms with E-state index in [1.165, 1.54) is 0 Å². The Labute approximate surface area is 80.1 Å². The zero-order valence-corrected chi connectivity index (χ0v) is 8.39. The lowest BCUT2D eigenvalue weighted by atomic mass is 10.3. The van der Waals surface area contributed by atoms with Gasteiger partial charge in [-0.25, -0.2) is 0 Å². The molecule has 3 heteroatoms. The van der Waals surface area contributed by atoms with Crippen LogP contribution in [-0.2, 0) is 4.79 Å². The molecule has 0 heterocycles. The minimum atomic E-state index is 0.137. The Kier molecular flexibility index (Phi) is 3.29. The maximum absolute atomic E-state index is 10.6. The fraction of sp³-hybridized carbons (Fsp3) is 0.222. The summed E-state index contributed by atoms with van der Waals surface area (Å²) in [6.45, 7) is 1.95. The largest absolute Gasteiger partial charge is 0.378 e. The predicted molar refractivity (Wildman–Crippen MR) is 53.3 cm³/mol. The highest BCUT2D eigenvalue weighted by Gasteiger charge is 1.93. The van der Waals surface area contributed by atoms with E-state index in [2.05, 4.69) is 21.2 Å². The van der Waals surface area contributed by atoms with E-state index >= 15 is 0 Å². The average Bonchev–Trinajstić information content (AvgIpc) is 2.03. The van der Waals surface area contributed by atoms with Crippen molar-refractivity contribution >= 4 is 27.4 Å². The van der Waals surface area contributed by atoms with Gasteiger partial charge < -0.3 is 5.32 Å². The number of benzene rings is 1. The second kappa shape index (κ2) is 4.26. The van der Waals surface area contributed by atoms with Crippen molar-refractivity contribution in [2.24, 2.45) is 0 Å². The molecule has 1 aromatic rings. The molecule has 0 aromatic heterocycles. The molecule has 1 N–H and O–H groups in total. The molecule has 0 spiro atoms. The minimum absolute atomic E-state index is 0.137. The smallest absolute Gasteiger partial charge is 0.148 e. The summed E-state index contributed by atoms with van der Waals surface area (Å²) >= 11 is 3.33. The highest BCUT2D eigenvalue weighted by molar-refractivity contribution is 9.10. The van der Waals surface area contributed by atoms with Gasteiger partial charge in [0.1, 0.15) is 5.78 Å². The molecule has 1 rings (SSSR count). The molecule has 0 aliphatic rings. The van der Waals surface area contributed by atoms with Crippen molar-refractivity contribution in [2.75, 3.05) is 11.9 Å². The van der Waals surface area contributed by atoms with Gasteiger partial charge >= 0.3 is 0 Å². The summed E-state index contributed by atoms with van der Waals surface area (Å²) in [5.74, 6) is 0.137. The van der Waals surface area contributed by atoms with E-state index in [-0.39, 0.29) is 5.78 Å². The molecule has 0 saturated heterocycles. The van der Waals surface area contributed by atoms with Gasteiger partial charge in [-0.2, -0.15) is 0 Å². The van der Waals surface area contributed by atoms with Crippen LogP contribution in [0.25, 0.3) is 0 Å². The lowest BCUT2D eigenvalue weighted by molar-refractivity contribution is -0.115. The van der Waals surface area contributed by atoms with Gasteiger partial charge in [-0.15, -0.1) is 0 Å². The first-order valence-corrected chi connectivity index (χ1v) is 4.46. The summed E-state index contributed by atoms with van der Waals surface area (Å²) in [7, 11) is 0. The molecule has 0 fully saturated rings. The predicted octanol–water partition coefficient (Wildman–Crippen LogP) is 2.45. The molecule has 0 unspecified atom stereocenters. The topological polar surface area (TPSA) is 29.1 Å². The molecule has 2 nitrogen and oxygen atoms in total. The van der Waals surface area contributed by atoms with Crippen LogP contribution in [0, 0.1) is 0 Å².